The number of aryl methyl sites for hydroxylation is 1. The largest absolute Gasteiger partial charge is 0.370 e. The summed E-state index contributed by atoms with van der Waals surface area (Å²) in [5.41, 5.74) is 2.45. The summed E-state index contributed by atoms with van der Waals surface area (Å²) in [6.45, 7) is 5.77. The third-order valence-corrected chi connectivity index (χ3v) is 3.13. The smallest absolute Gasteiger partial charge is 0.165 e. The average Bonchev–Trinajstić information content (AvgIpc) is 2.94. The van der Waals surface area contributed by atoms with E-state index >= 15 is 0 Å². The number of rotatable bonds is 5. The lowest BCUT2D eigenvalue weighted by atomic mass is 10.4. The highest BCUT2D eigenvalue weighted by atomic mass is 15.1. The fourth-order valence-corrected chi connectivity index (χ4v) is 2.09. The number of aromatic nitrogens is 5. The maximum Gasteiger partial charge on any atom is 0.165 e. The molecule has 0 aromatic carbocycles. The first-order valence-corrected chi connectivity index (χ1v) is 6.94. The average molecular weight is 283 g/mol. The molecule has 7 heteroatoms. The lowest BCUT2D eigenvalue weighted by Crippen LogP contribution is -2.01. The SMILES string of the molecule is CCNc1ccc(Nc2ncnc3c2ncn3CC)cn1. The van der Waals surface area contributed by atoms with Gasteiger partial charge in [0.25, 0.3) is 0 Å². The van der Waals surface area contributed by atoms with Crippen molar-refractivity contribution in [3.63, 3.8) is 0 Å². The fraction of sp³-hybridized carbons (Fsp3) is 0.286. The van der Waals surface area contributed by atoms with E-state index in [-0.39, 0.29) is 0 Å². The van der Waals surface area contributed by atoms with Gasteiger partial charge in [-0.1, -0.05) is 0 Å². The molecule has 108 valence electrons. The van der Waals surface area contributed by atoms with Crippen LogP contribution in [-0.4, -0.2) is 31.0 Å². The number of hydrogen-bond donors (Lipinski definition) is 2. The normalized spacial score (nSPS) is 10.8. The molecule has 0 spiro atoms. The number of hydrogen-bond acceptors (Lipinski definition) is 6. The minimum Gasteiger partial charge on any atom is -0.370 e. The highest BCUT2D eigenvalue weighted by Crippen LogP contribution is 2.21. The number of pyridine rings is 1. The van der Waals surface area contributed by atoms with Crippen molar-refractivity contribution in [2.45, 2.75) is 20.4 Å². The van der Waals surface area contributed by atoms with Gasteiger partial charge in [-0.2, -0.15) is 0 Å². The topological polar surface area (TPSA) is 80.5 Å². The van der Waals surface area contributed by atoms with Gasteiger partial charge in [0, 0.05) is 13.1 Å². The Bertz CT molecular complexity index is 733. The lowest BCUT2D eigenvalue weighted by Gasteiger charge is -2.07. The van der Waals surface area contributed by atoms with Gasteiger partial charge in [-0.3, -0.25) is 0 Å². The van der Waals surface area contributed by atoms with Gasteiger partial charge in [-0.05, 0) is 26.0 Å². The maximum atomic E-state index is 4.38. The molecular weight excluding hydrogens is 266 g/mol. The summed E-state index contributed by atoms with van der Waals surface area (Å²) in [5, 5.41) is 6.40. The quantitative estimate of drug-likeness (QED) is 0.748. The van der Waals surface area contributed by atoms with Gasteiger partial charge in [-0.25, -0.2) is 19.9 Å². The van der Waals surface area contributed by atoms with E-state index in [1.165, 1.54) is 0 Å². The minimum absolute atomic E-state index is 0.685. The molecule has 21 heavy (non-hydrogen) atoms. The Morgan fingerprint density at radius 3 is 2.71 bits per heavy atom. The van der Waals surface area contributed by atoms with Crippen LogP contribution in [0.15, 0.2) is 31.0 Å². The maximum absolute atomic E-state index is 4.38. The van der Waals surface area contributed by atoms with E-state index in [1.54, 1.807) is 18.9 Å². The summed E-state index contributed by atoms with van der Waals surface area (Å²) < 4.78 is 1.98. The van der Waals surface area contributed by atoms with Gasteiger partial charge < -0.3 is 15.2 Å². The third-order valence-electron chi connectivity index (χ3n) is 3.13. The second kappa shape index (κ2) is 5.74. The Hall–Kier alpha value is -2.70. The number of anilines is 3. The molecule has 0 saturated carbocycles. The van der Waals surface area contributed by atoms with E-state index in [4.69, 9.17) is 0 Å². The molecule has 0 aliphatic carbocycles. The summed E-state index contributed by atoms with van der Waals surface area (Å²) in [6.07, 6.45) is 5.08. The molecule has 3 rings (SSSR count). The van der Waals surface area contributed by atoms with Crippen molar-refractivity contribution < 1.29 is 0 Å². The van der Waals surface area contributed by atoms with Crippen molar-refractivity contribution in [1.82, 2.24) is 24.5 Å². The first-order chi connectivity index (χ1) is 10.3. The molecule has 0 amide bonds. The summed E-state index contributed by atoms with van der Waals surface area (Å²) in [6, 6.07) is 3.88. The Kier molecular flexibility index (Phi) is 3.63. The highest BCUT2D eigenvalue weighted by molar-refractivity contribution is 5.84. The molecule has 7 nitrogen and oxygen atoms in total. The van der Waals surface area contributed by atoms with Crippen LogP contribution in [0.3, 0.4) is 0 Å². The summed E-state index contributed by atoms with van der Waals surface area (Å²) in [5.74, 6) is 1.54. The molecule has 0 saturated heterocycles. The first-order valence-electron chi connectivity index (χ1n) is 6.94. The second-order valence-electron chi connectivity index (χ2n) is 4.51. The van der Waals surface area contributed by atoms with Crippen molar-refractivity contribution in [3.8, 4) is 0 Å². The van der Waals surface area contributed by atoms with Crippen LogP contribution in [0.2, 0.25) is 0 Å². The zero-order valence-corrected chi connectivity index (χ0v) is 12.0. The monoisotopic (exact) mass is 283 g/mol. The fourth-order valence-electron chi connectivity index (χ4n) is 2.09. The van der Waals surface area contributed by atoms with Crippen LogP contribution < -0.4 is 10.6 Å². The molecule has 3 heterocycles. The summed E-state index contributed by atoms with van der Waals surface area (Å²) in [4.78, 5) is 17.2. The summed E-state index contributed by atoms with van der Waals surface area (Å²) >= 11 is 0. The van der Waals surface area contributed by atoms with Crippen molar-refractivity contribution in [3.05, 3.63) is 31.0 Å². The van der Waals surface area contributed by atoms with E-state index in [9.17, 15) is 0 Å². The molecule has 0 radical (unpaired) electrons. The van der Waals surface area contributed by atoms with Crippen LogP contribution in [0.1, 0.15) is 13.8 Å². The molecule has 0 fully saturated rings. The molecule has 0 aliphatic rings. The molecule has 3 aromatic heterocycles. The molecule has 0 bridgehead atoms. The van der Waals surface area contributed by atoms with Crippen molar-refractivity contribution >= 4 is 28.5 Å². The van der Waals surface area contributed by atoms with Crippen molar-refractivity contribution in [1.29, 1.82) is 0 Å². The lowest BCUT2D eigenvalue weighted by molar-refractivity contribution is 0.777. The van der Waals surface area contributed by atoms with Gasteiger partial charge in [0.2, 0.25) is 0 Å². The summed E-state index contributed by atoms with van der Waals surface area (Å²) in [7, 11) is 0. The molecule has 2 N–H and O–H groups in total. The Morgan fingerprint density at radius 2 is 2.00 bits per heavy atom. The zero-order chi connectivity index (χ0) is 14.7. The van der Waals surface area contributed by atoms with Gasteiger partial charge in [0.1, 0.15) is 12.1 Å². The highest BCUT2D eigenvalue weighted by Gasteiger charge is 2.09. The van der Waals surface area contributed by atoms with Crippen LogP contribution in [0.25, 0.3) is 11.2 Å². The van der Waals surface area contributed by atoms with E-state index in [2.05, 4.69) is 37.5 Å². The minimum atomic E-state index is 0.685. The third kappa shape index (κ3) is 2.62. The first kappa shape index (κ1) is 13.3. The van der Waals surface area contributed by atoms with E-state index in [0.29, 0.717) is 5.82 Å². The number of fused-ring (bicyclic) bond motifs is 1. The Morgan fingerprint density at radius 1 is 1.10 bits per heavy atom. The number of nitrogens with zero attached hydrogens (tertiary/aromatic N) is 5. The van der Waals surface area contributed by atoms with Crippen molar-refractivity contribution in [2.24, 2.45) is 0 Å². The Labute approximate surface area is 122 Å². The van der Waals surface area contributed by atoms with Crippen LogP contribution in [-0.2, 0) is 6.54 Å². The molecular formula is C14H17N7. The number of nitrogens with one attached hydrogen (secondary N) is 2. The van der Waals surface area contributed by atoms with E-state index in [1.807, 2.05) is 23.6 Å². The van der Waals surface area contributed by atoms with Gasteiger partial charge in [-0.15, -0.1) is 0 Å². The predicted octanol–water partition coefficient (Wildman–Crippen LogP) is 2.42. The van der Waals surface area contributed by atoms with Crippen LogP contribution in [0.4, 0.5) is 17.3 Å². The Balaban J connectivity index is 1.89. The number of imidazole rings is 1. The standard InChI is InChI=1S/C14H17N7/c1-3-15-11-6-5-10(7-16-11)20-13-12-14(18-8-17-13)21(4-2)9-19-12/h5-9H,3-4H2,1-2H3,(H,15,16)(H,17,18,20). The van der Waals surface area contributed by atoms with E-state index in [0.717, 1.165) is 35.8 Å². The predicted molar refractivity (Wildman–Crippen MR) is 82.7 cm³/mol. The van der Waals surface area contributed by atoms with Gasteiger partial charge >= 0.3 is 0 Å². The van der Waals surface area contributed by atoms with Crippen LogP contribution >= 0.6 is 0 Å². The van der Waals surface area contributed by atoms with E-state index < -0.39 is 0 Å². The van der Waals surface area contributed by atoms with Crippen LogP contribution in [0.5, 0.6) is 0 Å². The van der Waals surface area contributed by atoms with Gasteiger partial charge in [0.15, 0.2) is 17.0 Å². The zero-order valence-electron chi connectivity index (χ0n) is 12.0. The second-order valence-corrected chi connectivity index (χ2v) is 4.51. The molecule has 3 aromatic rings. The molecule has 0 unspecified atom stereocenters. The van der Waals surface area contributed by atoms with Crippen LogP contribution in [0, 0.1) is 0 Å². The van der Waals surface area contributed by atoms with Gasteiger partial charge in [0.05, 0.1) is 18.2 Å². The molecule has 0 aliphatic heterocycles. The van der Waals surface area contributed by atoms with Crippen molar-refractivity contribution in [2.75, 3.05) is 17.2 Å². The molecule has 0 atom stereocenters.